The van der Waals surface area contributed by atoms with Crippen LogP contribution in [-0.4, -0.2) is 9.78 Å². The predicted molar refractivity (Wildman–Crippen MR) is 60.3 cm³/mol. The van der Waals surface area contributed by atoms with Crippen molar-refractivity contribution in [3.05, 3.63) is 45.7 Å². The van der Waals surface area contributed by atoms with E-state index >= 15 is 0 Å². The van der Waals surface area contributed by atoms with E-state index in [9.17, 15) is 4.79 Å². The van der Waals surface area contributed by atoms with Crippen molar-refractivity contribution in [1.29, 1.82) is 0 Å². The normalized spacial score (nSPS) is 10.5. The topological polar surface area (TPSA) is 63.8 Å². The van der Waals surface area contributed by atoms with Gasteiger partial charge in [0.25, 0.3) is 5.56 Å². The zero-order valence-electron chi connectivity index (χ0n) is 8.74. The Balaban J connectivity index is 2.63. The minimum atomic E-state index is -0.141. The lowest BCUT2D eigenvalue weighted by molar-refractivity contribution is 0.851. The van der Waals surface area contributed by atoms with Crippen LogP contribution in [0.5, 0.6) is 0 Å². The molecule has 0 radical (unpaired) electrons. The Labute approximate surface area is 87.3 Å². The van der Waals surface area contributed by atoms with Crippen LogP contribution in [0.4, 0.5) is 5.82 Å². The number of nitrogens with zero attached hydrogens (tertiary/aromatic N) is 1. The molecule has 0 fully saturated rings. The molecule has 0 aliphatic carbocycles. The lowest BCUT2D eigenvalue weighted by atomic mass is 10.1. The summed E-state index contributed by atoms with van der Waals surface area (Å²) < 4.78 is 1.44. The summed E-state index contributed by atoms with van der Waals surface area (Å²) in [6.07, 6.45) is 0. The van der Waals surface area contributed by atoms with Gasteiger partial charge in [0.15, 0.2) is 0 Å². The fraction of sp³-hybridized carbons (Fsp3) is 0.182. The Bertz CT molecular complexity index is 531. The number of anilines is 1. The number of benzene rings is 1. The quantitative estimate of drug-likeness (QED) is 0.735. The number of nitrogen functional groups attached to an aromatic ring is 1. The first-order chi connectivity index (χ1) is 7.06. The van der Waals surface area contributed by atoms with Gasteiger partial charge >= 0.3 is 0 Å². The van der Waals surface area contributed by atoms with Crippen molar-refractivity contribution in [3.8, 4) is 5.69 Å². The summed E-state index contributed by atoms with van der Waals surface area (Å²) in [5.74, 6) is 0.374. The van der Waals surface area contributed by atoms with Gasteiger partial charge in [0.1, 0.15) is 5.82 Å². The molecule has 0 amide bonds. The number of hydrogen-bond acceptors (Lipinski definition) is 2. The molecule has 1 aromatic carbocycles. The first kappa shape index (κ1) is 9.58. The second-order valence-electron chi connectivity index (χ2n) is 3.73. The van der Waals surface area contributed by atoms with Crippen molar-refractivity contribution in [3.63, 3.8) is 0 Å². The van der Waals surface area contributed by atoms with Gasteiger partial charge in [0.2, 0.25) is 0 Å². The van der Waals surface area contributed by atoms with Crippen LogP contribution in [0.3, 0.4) is 0 Å². The Morgan fingerprint density at radius 2 is 1.73 bits per heavy atom. The molecular weight excluding hydrogens is 190 g/mol. The number of aromatic nitrogens is 2. The molecular formula is C11H13N3O. The van der Waals surface area contributed by atoms with Gasteiger partial charge in [-0.3, -0.25) is 9.89 Å². The van der Waals surface area contributed by atoms with Crippen LogP contribution in [0.2, 0.25) is 0 Å². The molecule has 0 atom stereocenters. The third-order valence-electron chi connectivity index (χ3n) is 2.20. The van der Waals surface area contributed by atoms with E-state index in [4.69, 9.17) is 5.73 Å². The maximum absolute atomic E-state index is 11.5. The molecule has 4 heteroatoms. The van der Waals surface area contributed by atoms with Crippen LogP contribution < -0.4 is 11.3 Å². The number of aryl methyl sites for hydroxylation is 2. The second kappa shape index (κ2) is 3.31. The Hall–Kier alpha value is -1.97. The number of H-pyrrole nitrogens is 1. The summed E-state index contributed by atoms with van der Waals surface area (Å²) in [4.78, 5) is 11.5. The number of rotatable bonds is 1. The highest BCUT2D eigenvalue weighted by Crippen LogP contribution is 2.11. The summed E-state index contributed by atoms with van der Waals surface area (Å²) in [7, 11) is 0. The van der Waals surface area contributed by atoms with Gasteiger partial charge in [0.05, 0.1) is 5.69 Å². The molecule has 1 aromatic heterocycles. The van der Waals surface area contributed by atoms with E-state index in [0.717, 1.165) is 16.8 Å². The smallest absolute Gasteiger partial charge is 0.273 e. The third-order valence-corrected chi connectivity index (χ3v) is 2.20. The summed E-state index contributed by atoms with van der Waals surface area (Å²) >= 11 is 0. The second-order valence-corrected chi connectivity index (χ2v) is 3.73. The first-order valence-electron chi connectivity index (χ1n) is 4.72. The maximum Gasteiger partial charge on any atom is 0.273 e. The fourth-order valence-electron chi connectivity index (χ4n) is 1.69. The standard InChI is InChI=1S/C11H13N3O/c1-7-3-8(2)5-9(4-7)14-11(15)6-10(12)13-14/h3-6,13H,12H2,1-2H3. The molecule has 0 saturated heterocycles. The lowest BCUT2D eigenvalue weighted by Crippen LogP contribution is -2.13. The van der Waals surface area contributed by atoms with Crippen LogP contribution in [0.15, 0.2) is 29.1 Å². The van der Waals surface area contributed by atoms with Crippen molar-refractivity contribution in [2.24, 2.45) is 0 Å². The van der Waals surface area contributed by atoms with E-state index in [0.29, 0.717) is 5.82 Å². The van der Waals surface area contributed by atoms with E-state index in [2.05, 4.69) is 11.2 Å². The van der Waals surface area contributed by atoms with Gasteiger partial charge in [-0.05, 0) is 37.1 Å². The van der Waals surface area contributed by atoms with E-state index in [1.807, 2.05) is 26.0 Å². The van der Waals surface area contributed by atoms with Crippen LogP contribution in [0, 0.1) is 13.8 Å². The zero-order chi connectivity index (χ0) is 11.0. The SMILES string of the molecule is Cc1cc(C)cc(-n2[nH]c(N)cc2=O)c1. The Kier molecular flexibility index (Phi) is 2.11. The van der Waals surface area contributed by atoms with Gasteiger partial charge in [0, 0.05) is 6.07 Å². The molecule has 0 saturated carbocycles. The molecule has 1 heterocycles. The summed E-state index contributed by atoms with van der Waals surface area (Å²) in [6, 6.07) is 7.30. The number of aromatic amines is 1. The molecule has 4 nitrogen and oxygen atoms in total. The zero-order valence-corrected chi connectivity index (χ0v) is 8.74. The van der Waals surface area contributed by atoms with Gasteiger partial charge < -0.3 is 5.73 Å². The van der Waals surface area contributed by atoms with E-state index in [1.165, 1.54) is 10.7 Å². The van der Waals surface area contributed by atoms with E-state index in [1.54, 1.807) is 0 Å². The lowest BCUT2D eigenvalue weighted by Gasteiger charge is -2.04. The van der Waals surface area contributed by atoms with Crippen LogP contribution in [0.1, 0.15) is 11.1 Å². The molecule has 0 aliphatic heterocycles. The van der Waals surface area contributed by atoms with Gasteiger partial charge in [-0.1, -0.05) is 6.07 Å². The van der Waals surface area contributed by atoms with E-state index < -0.39 is 0 Å². The average Bonchev–Trinajstić information content (AvgIpc) is 2.43. The van der Waals surface area contributed by atoms with Gasteiger partial charge in [-0.15, -0.1) is 0 Å². The van der Waals surface area contributed by atoms with Crippen molar-refractivity contribution in [2.45, 2.75) is 13.8 Å². The van der Waals surface area contributed by atoms with Crippen molar-refractivity contribution >= 4 is 5.82 Å². The monoisotopic (exact) mass is 203 g/mol. The maximum atomic E-state index is 11.5. The van der Waals surface area contributed by atoms with Crippen LogP contribution in [0.25, 0.3) is 5.69 Å². The Morgan fingerprint density at radius 1 is 1.13 bits per heavy atom. The predicted octanol–water partition coefficient (Wildman–Crippen LogP) is 1.36. The Morgan fingerprint density at radius 3 is 2.20 bits per heavy atom. The molecule has 0 bridgehead atoms. The molecule has 2 rings (SSSR count). The van der Waals surface area contributed by atoms with Crippen LogP contribution in [-0.2, 0) is 0 Å². The molecule has 0 spiro atoms. The molecule has 3 N–H and O–H groups in total. The largest absolute Gasteiger partial charge is 0.384 e. The summed E-state index contributed by atoms with van der Waals surface area (Å²) in [5, 5.41) is 2.80. The van der Waals surface area contributed by atoms with Crippen molar-refractivity contribution in [1.82, 2.24) is 9.78 Å². The number of nitrogens with two attached hydrogens (primary N) is 1. The van der Waals surface area contributed by atoms with E-state index in [-0.39, 0.29) is 5.56 Å². The minimum Gasteiger partial charge on any atom is -0.384 e. The van der Waals surface area contributed by atoms with Gasteiger partial charge in [-0.2, -0.15) is 0 Å². The van der Waals surface area contributed by atoms with Gasteiger partial charge in [-0.25, -0.2) is 4.68 Å². The minimum absolute atomic E-state index is 0.141. The van der Waals surface area contributed by atoms with Crippen LogP contribution >= 0.6 is 0 Å². The molecule has 2 aromatic rings. The summed E-state index contributed by atoms with van der Waals surface area (Å²) in [6.45, 7) is 3.99. The molecule has 0 aliphatic rings. The highest BCUT2D eigenvalue weighted by molar-refractivity contribution is 5.40. The van der Waals surface area contributed by atoms with Crippen molar-refractivity contribution in [2.75, 3.05) is 5.73 Å². The third kappa shape index (κ3) is 1.79. The molecule has 15 heavy (non-hydrogen) atoms. The molecule has 78 valence electrons. The number of nitrogens with one attached hydrogen (secondary N) is 1. The number of hydrogen-bond donors (Lipinski definition) is 2. The first-order valence-corrected chi connectivity index (χ1v) is 4.72. The highest BCUT2D eigenvalue weighted by Gasteiger charge is 2.03. The fourth-order valence-corrected chi connectivity index (χ4v) is 1.69. The average molecular weight is 203 g/mol. The summed E-state index contributed by atoms with van der Waals surface area (Å²) in [5.41, 5.74) is 8.42. The molecule has 0 unspecified atom stereocenters. The van der Waals surface area contributed by atoms with Crippen molar-refractivity contribution < 1.29 is 0 Å². The highest BCUT2D eigenvalue weighted by atomic mass is 16.1.